The summed E-state index contributed by atoms with van der Waals surface area (Å²) in [5, 5.41) is 0.910. The molecule has 2 rings (SSSR count). The SMILES string of the molecule is CCN(CC)COC(=O)c1cc2ccccc2o1. The Hall–Kier alpha value is -1.81. The normalized spacial score (nSPS) is 11.1. The second-order valence-corrected chi connectivity index (χ2v) is 4.01. The summed E-state index contributed by atoms with van der Waals surface area (Å²) in [6, 6.07) is 9.22. The number of nitrogens with zero attached hydrogens (tertiary/aromatic N) is 1. The van der Waals surface area contributed by atoms with Crippen LogP contribution >= 0.6 is 0 Å². The van der Waals surface area contributed by atoms with Gasteiger partial charge in [0.25, 0.3) is 0 Å². The van der Waals surface area contributed by atoms with Crippen molar-refractivity contribution in [2.24, 2.45) is 0 Å². The van der Waals surface area contributed by atoms with Gasteiger partial charge >= 0.3 is 5.97 Å². The topological polar surface area (TPSA) is 42.7 Å². The molecule has 0 radical (unpaired) electrons. The smallest absolute Gasteiger partial charge is 0.375 e. The third-order valence-electron chi connectivity index (χ3n) is 2.90. The van der Waals surface area contributed by atoms with Gasteiger partial charge in [-0.15, -0.1) is 0 Å². The van der Waals surface area contributed by atoms with E-state index in [0.717, 1.165) is 18.5 Å². The van der Waals surface area contributed by atoms with E-state index >= 15 is 0 Å². The summed E-state index contributed by atoms with van der Waals surface area (Å²) in [7, 11) is 0. The Labute approximate surface area is 106 Å². The largest absolute Gasteiger partial charge is 0.449 e. The first-order valence-corrected chi connectivity index (χ1v) is 6.12. The molecule has 4 heteroatoms. The fourth-order valence-electron chi connectivity index (χ4n) is 1.71. The number of benzene rings is 1. The Morgan fingerprint density at radius 1 is 1.28 bits per heavy atom. The van der Waals surface area contributed by atoms with Gasteiger partial charge in [-0.05, 0) is 25.2 Å². The summed E-state index contributed by atoms with van der Waals surface area (Å²) >= 11 is 0. The van der Waals surface area contributed by atoms with Crippen molar-refractivity contribution in [3.63, 3.8) is 0 Å². The molecule has 4 nitrogen and oxygen atoms in total. The fraction of sp³-hybridized carbons (Fsp3) is 0.357. The van der Waals surface area contributed by atoms with E-state index in [-0.39, 0.29) is 5.76 Å². The molecule has 1 aromatic carbocycles. The molecule has 0 fully saturated rings. The lowest BCUT2D eigenvalue weighted by atomic mass is 10.2. The monoisotopic (exact) mass is 247 g/mol. The molecule has 0 saturated heterocycles. The molecule has 1 aromatic heterocycles. The summed E-state index contributed by atoms with van der Waals surface area (Å²) < 4.78 is 10.6. The van der Waals surface area contributed by atoms with E-state index in [0.29, 0.717) is 12.3 Å². The van der Waals surface area contributed by atoms with E-state index in [1.54, 1.807) is 6.07 Å². The maximum Gasteiger partial charge on any atom is 0.375 e. The van der Waals surface area contributed by atoms with Crippen LogP contribution in [0.3, 0.4) is 0 Å². The predicted octanol–water partition coefficient (Wildman–Crippen LogP) is 2.89. The molecule has 0 aliphatic carbocycles. The molecule has 0 spiro atoms. The fourth-order valence-corrected chi connectivity index (χ4v) is 1.71. The highest BCUT2D eigenvalue weighted by Gasteiger charge is 2.14. The minimum atomic E-state index is -0.418. The van der Waals surface area contributed by atoms with Crippen LogP contribution < -0.4 is 0 Å². The molecule has 0 aliphatic heterocycles. The second kappa shape index (κ2) is 5.69. The molecule has 0 N–H and O–H groups in total. The van der Waals surface area contributed by atoms with E-state index in [9.17, 15) is 4.79 Å². The number of ether oxygens (including phenoxy) is 1. The number of hydrogen-bond acceptors (Lipinski definition) is 4. The van der Waals surface area contributed by atoms with Crippen LogP contribution in [0.4, 0.5) is 0 Å². The first-order chi connectivity index (χ1) is 8.74. The van der Waals surface area contributed by atoms with Gasteiger partial charge in [-0.2, -0.15) is 0 Å². The van der Waals surface area contributed by atoms with Gasteiger partial charge in [0.1, 0.15) is 12.3 Å². The van der Waals surface area contributed by atoms with E-state index in [1.165, 1.54) is 0 Å². The van der Waals surface area contributed by atoms with Gasteiger partial charge in [0.2, 0.25) is 5.76 Å². The molecule has 0 aliphatic rings. The molecule has 0 amide bonds. The minimum absolute atomic E-state index is 0.253. The number of fused-ring (bicyclic) bond motifs is 1. The number of esters is 1. The number of para-hydroxylation sites is 1. The number of rotatable bonds is 5. The van der Waals surface area contributed by atoms with Gasteiger partial charge in [-0.1, -0.05) is 32.0 Å². The molecule has 96 valence electrons. The molecule has 2 aromatic rings. The van der Waals surface area contributed by atoms with Gasteiger partial charge in [0.05, 0.1) is 0 Å². The van der Waals surface area contributed by atoms with Crippen molar-refractivity contribution in [3.8, 4) is 0 Å². The van der Waals surface area contributed by atoms with Gasteiger partial charge in [0.15, 0.2) is 0 Å². The number of furan rings is 1. The van der Waals surface area contributed by atoms with Gasteiger partial charge < -0.3 is 9.15 Å². The Morgan fingerprint density at radius 3 is 2.67 bits per heavy atom. The van der Waals surface area contributed by atoms with Crippen LogP contribution in [0.15, 0.2) is 34.7 Å². The molecule has 0 atom stereocenters. The lowest BCUT2D eigenvalue weighted by Crippen LogP contribution is -2.27. The Morgan fingerprint density at radius 2 is 2.00 bits per heavy atom. The van der Waals surface area contributed by atoms with E-state index < -0.39 is 5.97 Å². The Kier molecular flexibility index (Phi) is 3.99. The average Bonchev–Trinajstić information content (AvgIpc) is 2.83. The summed E-state index contributed by atoms with van der Waals surface area (Å²) in [6.07, 6.45) is 0. The van der Waals surface area contributed by atoms with Crippen molar-refractivity contribution >= 4 is 16.9 Å². The average molecular weight is 247 g/mol. The van der Waals surface area contributed by atoms with Crippen LogP contribution in [0, 0.1) is 0 Å². The van der Waals surface area contributed by atoms with Gasteiger partial charge in [-0.3, -0.25) is 4.90 Å². The minimum Gasteiger partial charge on any atom is -0.449 e. The quantitative estimate of drug-likeness (QED) is 0.602. The maximum absolute atomic E-state index is 11.8. The first kappa shape index (κ1) is 12.6. The highest BCUT2D eigenvalue weighted by Crippen LogP contribution is 2.19. The summed E-state index contributed by atoms with van der Waals surface area (Å²) in [6.45, 7) is 6.05. The van der Waals surface area contributed by atoms with E-state index in [2.05, 4.69) is 0 Å². The van der Waals surface area contributed by atoms with Crippen molar-refractivity contribution in [2.45, 2.75) is 13.8 Å². The Balaban J connectivity index is 2.04. The van der Waals surface area contributed by atoms with Crippen molar-refractivity contribution in [2.75, 3.05) is 19.8 Å². The Bertz CT molecular complexity index is 496. The standard InChI is InChI=1S/C14H17NO3/c1-3-15(4-2)10-17-14(16)13-9-11-7-5-6-8-12(11)18-13/h5-9H,3-4,10H2,1-2H3. The van der Waals surface area contributed by atoms with Crippen LogP contribution in [0.1, 0.15) is 24.4 Å². The van der Waals surface area contributed by atoms with Crippen LogP contribution in [-0.4, -0.2) is 30.7 Å². The van der Waals surface area contributed by atoms with Crippen LogP contribution in [-0.2, 0) is 4.74 Å². The third-order valence-corrected chi connectivity index (χ3v) is 2.90. The molecular formula is C14H17NO3. The molecule has 0 bridgehead atoms. The zero-order valence-corrected chi connectivity index (χ0v) is 10.7. The number of carbonyl (C=O) groups is 1. The number of hydrogen-bond donors (Lipinski definition) is 0. The lowest BCUT2D eigenvalue weighted by Gasteiger charge is -2.16. The zero-order valence-electron chi connectivity index (χ0n) is 10.7. The second-order valence-electron chi connectivity index (χ2n) is 4.01. The molecule has 18 heavy (non-hydrogen) atoms. The summed E-state index contributed by atoms with van der Waals surface area (Å²) in [5.74, 6) is -0.165. The molecule has 1 heterocycles. The lowest BCUT2D eigenvalue weighted by molar-refractivity contribution is 0.0210. The highest BCUT2D eigenvalue weighted by molar-refractivity contribution is 5.92. The van der Waals surface area contributed by atoms with Crippen molar-refractivity contribution in [3.05, 3.63) is 36.1 Å². The van der Waals surface area contributed by atoms with Gasteiger partial charge in [-0.25, -0.2) is 4.79 Å². The van der Waals surface area contributed by atoms with Crippen molar-refractivity contribution in [1.82, 2.24) is 4.90 Å². The van der Waals surface area contributed by atoms with Crippen LogP contribution in [0.5, 0.6) is 0 Å². The summed E-state index contributed by atoms with van der Waals surface area (Å²) in [5.41, 5.74) is 0.701. The van der Waals surface area contributed by atoms with E-state index in [1.807, 2.05) is 43.0 Å². The highest BCUT2D eigenvalue weighted by atomic mass is 16.6. The predicted molar refractivity (Wildman–Crippen MR) is 69.4 cm³/mol. The third kappa shape index (κ3) is 2.71. The summed E-state index contributed by atoms with van der Waals surface area (Å²) in [4.78, 5) is 13.8. The molecule has 0 unspecified atom stereocenters. The van der Waals surface area contributed by atoms with Crippen LogP contribution in [0.25, 0.3) is 11.0 Å². The zero-order chi connectivity index (χ0) is 13.0. The van der Waals surface area contributed by atoms with Crippen LogP contribution in [0.2, 0.25) is 0 Å². The molecule has 0 saturated carbocycles. The maximum atomic E-state index is 11.8. The van der Waals surface area contributed by atoms with Crippen molar-refractivity contribution < 1.29 is 13.9 Å². The first-order valence-electron chi connectivity index (χ1n) is 6.12. The van der Waals surface area contributed by atoms with Gasteiger partial charge in [0, 0.05) is 5.39 Å². The number of carbonyl (C=O) groups excluding carboxylic acids is 1. The van der Waals surface area contributed by atoms with E-state index in [4.69, 9.17) is 9.15 Å². The van der Waals surface area contributed by atoms with Crippen molar-refractivity contribution in [1.29, 1.82) is 0 Å². The molecular weight excluding hydrogens is 230 g/mol.